The molecule has 8 heteroatoms. The molecule has 0 aliphatic carbocycles. The first kappa shape index (κ1) is 19.3. The Hall–Kier alpha value is -3.00. The summed E-state index contributed by atoms with van der Waals surface area (Å²) in [5, 5.41) is 0. The van der Waals surface area contributed by atoms with Crippen LogP contribution in [-0.2, 0) is 19.6 Å². The molecule has 0 atom stereocenters. The Kier molecular flexibility index (Phi) is 6.24. The maximum Gasteiger partial charge on any atom is 0.339 e. The van der Waals surface area contributed by atoms with E-state index in [2.05, 4.69) is 4.74 Å². The number of ether oxygens (including phenoxy) is 3. The molecule has 0 amide bonds. The zero-order valence-corrected chi connectivity index (χ0v) is 15.3. The molecule has 26 heavy (non-hydrogen) atoms. The third-order valence-corrected chi connectivity index (χ3v) is 4.60. The Morgan fingerprint density at radius 2 is 1.62 bits per heavy atom. The van der Waals surface area contributed by atoms with E-state index in [0.717, 1.165) is 0 Å². The Balaban J connectivity index is 2.27. The van der Waals surface area contributed by atoms with Crippen LogP contribution in [0.15, 0.2) is 53.4 Å². The van der Waals surface area contributed by atoms with Gasteiger partial charge in [-0.05, 0) is 48.0 Å². The number of carbonyl (C=O) groups excluding carboxylic acids is 1. The summed E-state index contributed by atoms with van der Waals surface area (Å²) in [5.74, 6) is 0.252. The number of hydrogen-bond donors (Lipinski definition) is 0. The molecular formula is C18H18O7S. The van der Waals surface area contributed by atoms with Crippen LogP contribution in [0.5, 0.6) is 17.2 Å². The number of hydrogen-bond acceptors (Lipinski definition) is 7. The lowest BCUT2D eigenvalue weighted by Crippen LogP contribution is -2.10. The molecule has 2 aromatic rings. The van der Waals surface area contributed by atoms with E-state index in [0.29, 0.717) is 11.3 Å². The monoisotopic (exact) mass is 378 g/mol. The molecule has 0 spiro atoms. The summed E-state index contributed by atoms with van der Waals surface area (Å²) in [7, 11) is 0.103. The van der Waals surface area contributed by atoms with Crippen LogP contribution in [0, 0.1) is 0 Å². The van der Waals surface area contributed by atoms with Crippen LogP contribution in [0.3, 0.4) is 0 Å². The van der Waals surface area contributed by atoms with E-state index in [-0.39, 0.29) is 16.4 Å². The van der Waals surface area contributed by atoms with Crippen LogP contribution < -0.4 is 13.7 Å². The van der Waals surface area contributed by atoms with Crippen LogP contribution in [0.4, 0.5) is 0 Å². The Labute approximate surface area is 151 Å². The highest BCUT2D eigenvalue weighted by Gasteiger charge is 2.19. The molecule has 0 saturated heterocycles. The quantitative estimate of drug-likeness (QED) is 0.416. The van der Waals surface area contributed by atoms with Gasteiger partial charge in [-0.25, -0.2) is 4.79 Å². The normalized spacial score (nSPS) is 11.2. The maximum absolute atomic E-state index is 12.4. The molecule has 0 fully saturated rings. The summed E-state index contributed by atoms with van der Waals surface area (Å²) < 4.78 is 44.7. The second kappa shape index (κ2) is 8.39. The molecule has 0 saturated carbocycles. The van der Waals surface area contributed by atoms with E-state index in [1.54, 1.807) is 6.07 Å². The fourth-order valence-corrected chi connectivity index (χ4v) is 2.94. The fraction of sp³-hybridized carbons (Fsp3) is 0.167. The van der Waals surface area contributed by atoms with Gasteiger partial charge in [-0.1, -0.05) is 6.07 Å². The van der Waals surface area contributed by atoms with Gasteiger partial charge >= 0.3 is 16.1 Å². The highest BCUT2D eigenvalue weighted by Crippen LogP contribution is 2.31. The molecule has 7 nitrogen and oxygen atoms in total. The van der Waals surface area contributed by atoms with Crippen molar-refractivity contribution in [1.82, 2.24) is 0 Å². The topological polar surface area (TPSA) is 88.1 Å². The minimum absolute atomic E-state index is 0.0185. The zero-order valence-electron chi connectivity index (χ0n) is 14.5. The lowest BCUT2D eigenvalue weighted by atomic mass is 10.2. The van der Waals surface area contributed by atoms with Crippen molar-refractivity contribution in [3.63, 3.8) is 0 Å². The van der Waals surface area contributed by atoms with Crippen LogP contribution >= 0.6 is 0 Å². The van der Waals surface area contributed by atoms with Crippen molar-refractivity contribution in [2.45, 2.75) is 4.90 Å². The Morgan fingerprint density at radius 1 is 0.923 bits per heavy atom. The van der Waals surface area contributed by atoms with Gasteiger partial charge < -0.3 is 18.4 Å². The third-order valence-electron chi connectivity index (χ3n) is 3.35. The van der Waals surface area contributed by atoms with E-state index < -0.39 is 16.1 Å². The molecule has 0 aliphatic rings. The average Bonchev–Trinajstić information content (AvgIpc) is 2.66. The average molecular weight is 378 g/mol. The van der Waals surface area contributed by atoms with Crippen LogP contribution in [-0.4, -0.2) is 35.7 Å². The van der Waals surface area contributed by atoms with E-state index in [4.69, 9.17) is 13.7 Å². The van der Waals surface area contributed by atoms with Gasteiger partial charge in [0.2, 0.25) is 0 Å². The van der Waals surface area contributed by atoms with Crippen molar-refractivity contribution in [2.24, 2.45) is 0 Å². The number of rotatable bonds is 7. The van der Waals surface area contributed by atoms with Crippen molar-refractivity contribution < 1.29 is 31.6 Å². The lowest BCUT2D eigenvalue weighted by Gasteiger charge is -2.11. The van der Waals surface area contributed by atoms with Gasteiger partial charge in [0, 0.05) is 6.08 Å². The lowest BCUT2D eigenvalue weighted by molar-refractivity contribution is -0.134. The Morgan fingerprint density at radius 3 is 2.19 bits per heavy atom. The minimum Gasteiger partial charge on any atom is -0.497 e. The molecule has 138 valence electrons. The summed E-state index contributed by atoms with van der Waals surface area (Å²) >= 11 is 0. The third kappa shape index (κ3) is 4.76. The first-order valence-electron chi connectivity index (χ1n) is 7.42. The standard InChI is InChI=1S/C18H18O7S/c1-22-14-6-8-15(9-7-14)26(20,21)25-16-10-4-13(12-17(16)23-2)5-11-18(19)24-3/h4-12H,1-3H3/b11-5+. The number of esters is 1. The largest absolute Gasteiger partial charge is 0.497 e. The maximum atomic E-state index is 12.4. The molecule has 0 heterocycles. The molecule has 0 N–H and O–H groups in total. The van der Waals surface area contributed by atoms with Crippen LogP contribution in [0.1, 0.15) is 5.56 Å². The SMILES string of the molecule is COC(=O)/C=C/c1ccc(OS(=O)(=O)c2ccc(OC)cc2)c(OC)c1. The van der Waals surface area contributed by atoms with Gasteiger partial charge in [0.15, 0.2) is 11.5 Å². The van der Waals surface area contributed by atoms with Crippen molar-refractivity contribution in [3.05, 3.63) is 54.1 Å². The zero-order chi connectivity index (χ0) is 19.2. The van der Waals surface area contributed by atoms with Crippen molar-refractivity contribution in [3.8, 4) is 17.2 Å². The second-order valence-electron chi connectivity index (χ2n) is 4.98. The smallest absolute Gasteiger partial charge is 0.339 e. The number of carbonyl (C=O) groups is 1. The van der Waals surface area contributed by atoms with E-state index in [9.17, 15) is 13.2 Å². The molecule has 0 radical (unpaired) electrons. The molecule has 0 unspecified atom stereocenters. The highest BCUT2D eigenvalue weighted by molar-refractivity contribution is 7.87. The van der Waals surface area contributed by atoms with Gasteiger partial charge in [-0.3, -0.25) is 0 Å². The molecule has 0 aliphatic heterocycles. The molecule has 2 aromatic carbocycles. The predicted molar refractivity (Wildman–Crippen MR) is 94.9 cm³/mol. The van der Waals surface area contributed by atoms with Gasteiger partial charge in [0.1, 0.15) is 10.6 Å². The van der Waals surface area contributed by atoms with Crippen LogP contribution in [0.25, 0.3) is 6.08 Å². The summed E-state index contributed by atoms with van der Waals surface area (Å²) in [6.45, 7) is 0. The minimum atomic E-state index is -4.04. The molecule has 0 bridgehead atoms. The van der Waals surface area contributed by atoms with Gasteiger partial charge in [0.05, 0.1) is 21.3 Å². The van der Waals surface area contributed by atoms with E-state index in [1.165, 1.54) is 69.9 Å². The van der Waals surface area contributed by atoms with Crippen LogP contribution in [0.2, 0.25) is 0 Å². The van der Waals surface area contributed by atoms with E-state index >= 15 is 0 Å². The summed E-state index contributed by atoms with van der Waals surface area (Å²) in [4.78, 5) is 11.1. The number of benzene rings is 2. The summed E-state index contributed by atoms with van der Waals surface area (Å²) in [5.41, 5.74) is 0.612. The highest BCUT2D eigenvalue weighted by atomic mass is 32.2. The fourth-order valence-electron chi connectivity index (χ4n) is 2.00. The molecular weight excluding hydrogens is 360 g/mol. The first-order valence-corrected chi connectivity index (χ1v) is 8.83. The molecule has 2 rings (SSSR count). The second-order valence-corrected chi connectivity index (χ2v) is 6.53. The van der Waals surface area contributed by atoms with Gasteiger partial charge in [-0.2, -0.15) is 8.42 Å². The Bertz CT molecular complexity index is 900. The van der Waals surface area contributed by atoms with Gasteiger partial charge in [-0.15, -0.1) is 0 Å². The van der Waals surface area contributed by atoms with Crippen molar-refractivity contribution in [2.75, 3.05) is 21.3 Å². The predicted octanol–water partition coefficient (Wildman–Crippen LogP) is 2.66. The first-order chi connectivity index (χ1) is 12.4. The van der Waals surface area contributed by atoms with Crippen molar-refractivity contribution >= 4 is 22.2 Å². The van der Waals surface area contributed by atoms with Crippen molar-refractivity contribution in [1.29, 1.82) is 0 Å². The number of methoxy groups -OCH3 is 3. The summed E-state index contributed by atoms with van der Waals surface area (Å²) in [6, 6.07) is 10.4. The van der Waals surface area contributed by atoms with Gasteiger partial charge in [0.25, 0.3) is 0 Å². The van der Waals surface area contributed by atoms with E-state index in [1.807, 2.05) is 0 Å². The molecule has 0 aromatic heterocycles. The summed E-state index contributed by atoms with van der Waals surface area (Å²) in [6.07, 6.45) is 2.75.